The van der Waals surface area contributed by atoms with Gasteiger partial charge in [0.25, 0.3) is 0 Å². The maximum absolute atomic E-state index is 2.39. The van der Waals surface area contributed by atoms with E-state index in [1.807, 2.05) is 0 Å². The molecule has 0 bridgehead atoms. The van der Waals surface area contributed by atoms with Crippen LogP contribution < -0.4 is 4.90 Å². The molecule has 0 heterocycles. The molecule has 1 nitrogen and oxygen atoms in total. The van der Waals surface area contributed by atoms with E-state index >= 15 is 0 Å². The lowest BCUT2D eigenvalue weighted by atomic mass is 9.84. The first kappa shape index (κ1) is 34.0. The largest absolute Gasteiger partial charge is 0.310 e. The van der Waals surface area contributed by atoms with Crippen LogP contribution in [-0.4, -0.2) is 0 Å². The van der Waals surface area contributed by atoms with Gasteiger partial charge in [0.05, 0.1) is 0 Å². The van der Waals surface area contributed by atoms with Crippen molar-refractivity contribution in [1.82, 2.24) is 0 Å². The molecule has 0 spiro atoms. The maximum Gasteiger partial charge on any atom is 0.0473 e. The molecule has 0 radical (unpaired) electrons. The van der Waals surface area contributed by atoms with E-state index in [1.54, 1.807) is 0 Å². The number of benzene rings is 10. The van der Waals surface area contributed by atoms with Gasteiger partial charge >= 0.3 is 0 Å². The average Bonchev–Trinajstić information content (AvgIpc) is 3.30. The normalized spacial score (nSPS) is 11.2. The van der Waals surface area contributed by atoms with E-state index in [9.17, 15) is 0 Å². The molecule has 0 aliphatic rings. The predicted molar refractivity (Wildman–Crippen MR) is 243 cm³/mol. The molecule has 268 valence electrons. The summed E-state index contributed by atoms with van der Waals surface area (Å²) < 4.78 is 0. The average molecular weight is 726 g/mol. The highest BCUT2D eigenvalue weighted by molar-refractivity contribution is 6.22. The Hall–Kier alpha value is -7.48. The molecule has 10 rings (SSSR count). The summed E-state index contributed by atoms with van der Waals surface area (Å²) in [5, 5.41) is 5.02. The van der Waals surface area contributed by atoms with Gasteiger partial charge in [0, 0.05) is 17.1 Å². The summed E-state index contributed by atoms with van der Waals surface area (Å²) in [5.41, 5.74) is 15.4. The lowest BCUT2D eigenvalue weighted by molar-refractivity contribution is 1.28. The smallest absolute Gasteiger partial charge is 0.0473 e. The lowest BCUT2D eigenvalue weighted by Gasteiger charge is -2.27. The van der Waals surface area contributed by atoms with Crippen LogP contribution in [-0.2, 0) is 0 Å². The van der Waals surface area contributed by atoms with E-state index in [-0.39, 0.29) is 0 Å². The van der Waals surface area contributed by atoms with Gasteiger partial charge in [0.2, 0.25) is 0 Å². The van der Waals surface area contributed by atoms with Crippen LogP contribution in [0.5, 0.6) is 0 Å². The molecule has 0 amide bonds. The molecule has 0 saturated carbocycles. The third-order valence-electron chi connectivity index (χ3n) is 11.0. The van der Waals surface area contributed by atoms with E-state index in [4.69, 9.17) is 0 Å². The fraction of sp³-hybridized carbons (Fsp3) is 0. The fourth-order valence-corrected chi connectivity index (χ4v) is 8.34. The van der Waals surface area contributed by atoms with E-state index in [2.05, 4.69) is 241 Å². The zero-order valence-corrected chi connectivity index (χ0v) is 31.5. The molecule has 0 aromatic heterocycles. The molecular weight excluding hydrogens is 687 g/mol. The minimum atomic E-state index is 1.10. The van der Waals surface area contributed by atoms with Crippen LogP contribution in [0.3, 0.4) is 0 Å². The minimum absolute atomic E-state index is 1.10. The van der Waals surface area contributed by atoms with Crippen molar-refractivity contribution in [3.05, 3.63) is 237 Å². The number of hydrogen-bond donors (Lipinski definition) is 0. The molecule has 10 aromatic rings. The first-order chi connectivity index (χ1) is 28.3. The molecule has 0 aliphatic carbocycles. The van der Waals surface area contributed by atoms with Crippen LogP contribution in [0, 0.1) is 0 Å². The second-order valence-corrected chi connectivity index (χ2v) is 14.5. The second-order valence-electron chi connectivity index (χ2n) is 14.5. The van der Waals surface area contributed by atoms with E-state index < -0.39 is 0 Å². The lowest BCUT2D eigenvalue weighted by Crippen LogP contribution is -2.10. The molecule has 0 saturated heterocycles. The molecule has 57 heavy (non-hydrogen) atoms. The van der Waals surface area contributed by atoms with Gasteiger partial charge in [-0.3, -0.25) is 0 Å². The standard InChI is InChI=1S/C56H39N/c1-6-18-40(19-7-1)46-36-47(41-20-8-2-9-21-41)38-50(37-46)57(48-26-14-5-15-27-48)49-33-30-42(31-34-49)45-32-35-53-54(39-45)51-28-16-17-29-52(51)55(43-22-10-3-11-23-43)56(53)44-24-12-4-13-25-44/h1-39H. The van der Waals surface area contributed by atoms with Gasteiger partial charge in [-0.1, -0.05) is 188 Å². The van der Waals surface area contributed by atoms with Gasteiger partial charge in [0.1, 0.15) is 0 Å². The first-order valence-corrected chi connectivity index (χ1v) is 19.6. The molecular formula is C56H39N. The molecule has 0 atom stereocenters. The Bertz CT molecular complexity index is 2900. The summed E-state index contributed by atoms with van der Waals surface area (Å²) in [7, 11) is 0. The van der Waals surface area contributed by atoms with Crippen molar-refractivity contribution in [2.45, 2.75) is 0 Å². The topological polar surface area (TPSA) is 3.24 Å². The van der Waals surface area contributed by atoms with Crippen LogP contribution in [0.25, 0.3) is 77.2 Å². The van der Waals surface area contributed by atoms with Crippen molar-refractivity contribution >= 4 is 38.6 Å². The summed E-state index contributed by atoms with van der Waals surface area (Å²) >= 11 is 0. The van der Waals surface area contributed by atoms with Gasteiger partial charge in [-0.05, 0) is 126 Å². The summed E-state index contributed by atoms with van der Waals surface area (Å²) in [5.74, 6) is 0. The summed E-state index contributed by atoms with van der Waals surface area (Å²) in [6.45, 7) is 0. The molecule has 1 heteroatoms. The van der Waals surface area contributed by atoms with E-state index in [0.29, 0.717) is 0 Å². The number of nitrogens with zero attached hydrogens (tertiary/aromatic N) is 1. The summed E-state index contributed by atoms with van der Waals surface area (Å²) in [4.78, 5) is 2.37. The minimum Gasteiger partial charge on any atom is -0.310 e. The highest BCUT2D eigenvalue weighted by Gasteiger charge is 2.19. The SMILES string of the molecule is c1ccc(-c2cc(-c3ccccc3)cc(N(c3ccccc3)c3ccc(-c4ccc5c(-c6ccccc6)c(-c6ccccc6)c6ccccc6c5c4)cc3)c2)cc1. The molecule has 0 aliphatic heterocycles. The van der Waals surface area contributed by atoms with Gasteiger partial charge < -0.3 is 4.90 Å². The van der Waals surface area contributed by atoms with Crippen LogP contribution in [0.2, 0.25) is 0 Å². The quantitative estimate of drug-likeness (QED) is 0.141. The number of anilines is 3. The predicted octanol–water partition coefficient (Wildman–Crippen LogP) is 15.8. The van der Waals surface area contributed by atoms with E-state index in [1.165, 1.54) is 77.2 Å². The highest BCUT2D eigenvalue weighted by atomic mass is 15.1. The van der Waals surface area contributed by atoms with E-state index in [0.717, 1.165) is 17.1 Å². The summed E-state index contributed by atoms with van der Waals surface area (Å²) in [6.07, 6.45) is 0. The number of rotatable bonds is 8. The Morgan fingerprint density at radius 3 is 1.11 bits per heavy atom. The maximum atomic E-state index is 2.39. The Morgan fingerprint density at radius 1 is 0.193 bits per heavy atom. The van der Waals surface area contributed by atoms with Gasteiger partial charge in [0.15, 0.2) is 0 Å². The Kier molecular flexibility index (Phi) is 8.95. The van der Waals surface area contributed by atoms with Crippen molar-refractivity contribution in [2.24, 2.45) is 0 Å². The zero-order valence-electron chi connectivity index (χ0n) is 31.5. The third kappa shape index (κ3) is 6.56. The summed E-state index contributed by atoms with van der Waals surface area (Å²) in [6, 6.07) is 85.6. The van der Waals surface area contributed by atoms with Crippen LogP contribution in [0.1, 0.15) is 0 Å². The van der Waals surface area contributed by atoms with Crippen LogP contribution in [0.4, 0.5) is 17.1 Å². The second kappa shape index (κ2) is 15.0. The van der Waals surface area contributed by atoms with Gasteiger partial charge in [-0.15, -0.1) is 0 Å². The van der Waals surface area contributed by atoms with Crippen molar-refractivity contribution in [2.75, 3.05) is 4.90 Å². The van der Waals surface area contributed by atoms with Crippen molar-refractivity contribution in [3.8, 4) is 55.6 Å². The molecule has 0 fully saturated rings. The number of fused-ring (bicyclic) bond motifs is 3. The molecule has 10 aromatic carbocycles. The van der Waals surface area contributed by atoms with Crippen molar-refractivity contribution in [1.29, 1.82) is 0 Å². The number of hydrogen-bond acceptors (Lipinski definition) is 1. The van der Waals surface area contributed by atoms with Crippen molar-refractivity contribution in [3.63, 3.8) is 0 Å². The monoisotopic (exact) mass is 725 g/mol. The fourth-order valence-electron chi connectivity index (χ4n) is 8.34. The Balaban J connectivity index is 1.12. The highest BCUT2D eigenvalue weighted by Crippen LogP contribution is 2.46. The van der Waals surface area contributed by atoms with Gasteiger partial charge in [-0.2, -0.15) is 0 Å². The first-order valence-electron chi connectivity index (χ1n) is 19.6. The number of para-hydroxylation sites is 1. The van der Waals surface area contributed by atoms with Crippen molar-refractivity contribution < 1.29 is 0 Å². The Labute approximate surface area is 334 Å². The van der Waals surface area contributed by atoms with Gasteiger partial charge in [-0.25, -0.2) is 0 Å². The third-order valence-corrected chi connectivity index (χ3v) is 11.0. The van der Waals surface area contributed by atoms with Crippen LogP contribution >= 0.6 is 0 Å². The Morgan fingerprint density at radius 2 is 0.579 bits per heavy atom. The molecule has 0 N–H and O–H groups in total. The zero-order chi connectivity index (χ0) is 38.0. The molecule has 0 unspecified atom stereocenters. The van der Waals surface area contributed by atoms with Crippen LogP contribution in [0.15, 0.2) is 237 Å².